The molecule has 1 aromatic heterocycles. The fraction of sp³-hybridized carbons (Fsp3) is 0.588. The lowest BCUT2D eigenvalue weighted by molar-refractivity contribution is -0.0176. The molecule has 0 amide bonds. The van der Waals surface area contributed by atoms with Gasteiger partial charge < -0.3 is 4.52 Å². The topological polar surface area (TPSA) is 72.6 Å². The Labute approximate surface area is 147 Å². The molecule has 3 rings (SSSR count). The molecule has 138 valence electrons. The highest BCUT2D eigenvalue weighted by molar-refractivity contribution is 7.86. The van der Waals surface area contributed by atoms with Crippen LogP contribution < -0.4 is 0 Å². The fourth-order valence-corrected chi connectivity index (χ4v) is 4.13. The first-order chi connectivity index (χ1) is 11.7. The van der Waals surface area contributed by atoms with Crippen LogP contribution in [0.5, 0.6) is 0 Å². The standard InChI is InChI=1S/C17H23FN2O4S/c1-11(2)17(24-25(3,21)22)20-8-6-12(7-9-20)16-14-5-4-13(18)10-15(14)23-19-16/h4-5,10-12,17H,6-9H2,1-3H3. The van der Waals surface area contributed by atoms with E-state index in [0.717, 1.165) is 30.2 Å². The molecule has 0 saturated carbocycles. The number of halogens is 1. The number of hydrogen-bond acceptors (Lipinski definition) is 6. The van der Waals surface area contributed by atoms with Crippen molar-refractivity contribution in [1.82, 2.24) is 10.1 Å². The molecule has 1 aromatic carbocycles. The van der Waals surface area contributed by atoms with E-state index < -0.39 is 16.3 Å². The highest BCUT2D eigenvalue weighted by atomic mass is 32.2. The first-order valence-electron chi connectivity index (χ1n) is 8.42. The van der Waals surface area contributed by atoms with Gasteiger partial charge in [0.2, 0.25) is 0 Å². The minimum Gasteiger partial charge on any atom is -0.356 e. The molecule has 0 N–H and O–H groups in total. The van der Waals surface area contributed by atoms with Crippen LogP contribution in [-0.4, -0.2) is 44.0 Å². The second-order valence-corrected chi connectivity index (χ2v) is 8.55. The van der Waals surface area contributed by atoms with Gasteiger partial charge >= 0.3 is 0 Å². The first-order valence-corrected chi connectivity index (χ1v) is 10.2. The van der Waals surface area contributed by atoms with Crippen molar-refractivity contribution in [3.63, 3.8) is 0 Å². The van der Waals surface area contributed by atoms with Crippen molar-refractivity contribution in [3.8, 4) is 0 Å². The molecule has 25 heavy (non-hydrogen) atoms. The van der Waals surface area contributed by atoms with Gasteiger partial charge in [-0.15, -0.1) is 0 Å². The van der Waals surface area contributed by atoms with Gasteiger partial charge in [-0.25, -0.2) is 4.39 Å². The monoisotopic (exact) mass is 370 g/mol. The maximum atomic E-state index is 13.3. The Kier molecular flexibility index (Phi) is 5.13. The quantitative estimate of drug-likeness (QED) is 0.753. The third-order valence-electron chi connectivity index (χ3n) is 4.58. The number of rotatable bonds is 5. The molecule has 1 aliphatic rings. The Bertz CT molecular complexity index is 841. The van der Waals surface area contributed by atoms with Crippen molar-refractivity contribution in [2.75, 3.05) is 19.3 Å². The van der Waals surface area contributed by atoms with E-state index in [-0.39, 0.29) is 17.7 Å². The van der Waals surface area contributed by atoms with Crippen LogP contribution >= 0.6 is 0 Å². The van der Waals surface area contributed by atoms with E-state index >= 15 is 0 Å². The van der Waals surface area contributed by atoms with E-state index in [1.165, 1.54) is 12.1 Å². The van der Waals surface area contributed by atoms with Crippen molar-refractivity contribution in [1.29, 1.82) is 0 Å². The van der Waals surface area contributed by atoms with Crippen LogP contribution in [0.25, 0.3) is 11.0 Å². The van der Waals surface area contributed by atoms with Gasteiger partial charge in [0.05, 0.1) is 11.9 Å². The molecule has 8 heteroatoms. The Hall–Kier alpha value is -1.51. The summed E-state index contributed by atoms with van der Waals surface area (Å²) in [6.07, 6.45) is 2.25. The highest BCUT2D eigenvalue weighted by Gasteiger charge is 2.32. The number of nitrogens with zero attached hydrogens (tertiary/aromatic N) is 2. The van der Waals surface area contributed by atoms with Crippen LogP contribution in [0.3, 0.4) is 0 Å². The van der Waals surface area contributed by atoms with Gasteiger partial charge in [0.15, 0.2) is 5.58 Å². The molecule has 1 atom stereocenters. The lowest BCUT2D eigenvalue weighted by Gasteiger charge is -2.37. The number of benzene rings is 1. The zero-order valence-corrected chi connectivity index (χ0v) is 15.4. The molecule has 2 heterocycles. The summed E-state index contributed by atoms with van der Waals surface area (Å²) in [4.78, 5) is 2.06. The molecule has 0 aliphatic carbocycles. The maximum absolute atomic E-state index is 13.3. The zero-order chi connectivity index (χ0) is 18.2. The van der Waals surface area contributed by atoms with Crippen molar-refractivity contribution in [3.05, 3.63) is 29.7 Å². The SMILES string of the molecule is CC(C)C(OS(C)(=O)=O)N1CCC(c2noc3cc(F)ccc23)CC1. The average Bonchev–Trinajstić information content (AvgIpc) is 2.94. The van der Waals surface area contributed by atoms with E-state index in [2.05, 4.69) is 10.1 Å². The van der Waals surface area contributed by atoms with Crippen molar-refractivity contribution in [2.24, 2.45) is 5.92 Å². The van der Waals surface area contributed by atoms with Crippen LogP contribution in [0.2, 0.25) is 0 Å². The Morgan fingerprint density at radius 2 is 2.00 bits per heavy atom. The van der Waals surface area contributed by atoms with Crippen molar-refractivity contribution in [2.45, 2.75) is 38.8 Å². The molecule has 6 nitrogen and oxygen atoms in total. The van der Waals surface area contributed by atoms with E-state index in [4.69, 9.17) is 8.71 Å². The van der Waals surface area contributed by atoms with Gasteiger partial charge in [-0.3, -0.25) is 9.08 Å². The smallest absolute Gasteiger partial charge is 0.265 e. The third kappa shape index (κ3) is 4.19. The third-order valence-corrected chi connectivity index (χ3v) is 5.13. The number of hydrogen-bond donors (Lipinski definition) is 0. The summed E-state index contributed by atoms with van der Waals surface area (Å²) in [5.74, 6) is -0.0844. The summed E-state index contributed by atoms with van der Waals surface area (Å²) < 4.78 is 46.8. The largest absolute Gasteiger partial charge is 0.356 e. The van der Waals surface area contributed by atoms with Gasteiger partial charge in [0, 0.05) is 30.5 Å². The summed E-state index contributed by atoms with van der Waals surface area (Å²) in [6, 6.07) is 4.45. The number of fused-ring (bicyclic) bond motifs is 1. The Morgan fingerprint density at radius 3 is 2.60 bits per heavy atom. The van der Waals surface area contributed by atoms with Crippen LogP contribution in [0.15, 0.2) is 22.7 Å². The van der Waals surface area contributed by atoms with E-state index in [9.17, 15) is 12.8 Å². The van der Waals surface area contributed by atoms with Gasteiger partial charge in [-0.05, 0) is 30.9 Å². The van der Waals surface area contributed by atoms with Crippen LogP contribution in [0, 0.1) is 11.7 Å². The van der Waals surface area contributed by atoms with Crippen LogP contribution in [0.4, 0.5) is 4.39 Å². The number of likely N-dealkylation sites (tertiary alicyclic amines) is 1. The molecule has 1 aliphatic heterocycles. The summed E-state index contributed by atoms with van der Waals surface area (Å²) in [5, 5.41) is 4.98. The second kappa shape index (κ2) is 7.01. The second-order valence-electron chi connectivity index (χ2n) is 6.95. The van der Waals surface area contributed by atoms with Crippen LogP contribution in [0.1, 0.15) is 38.3 Å². The normalized spacial score (nSPS) is 18.9. The molecule has 1 unspecified atom stereocenters. The molecular formula is C17H23FN2O4S. The predicted octanol–water partition coefficient (Wildman–Crippen LogP) is 3.10. The van der Waals surface area contributed by atoms with E-state index in [1.54, 1.807) is 6.07 Å². The molecule has 1 saturated heterocycles. The molecule has 0 spiro atoms. The summed E-state index contributed by atoms with van der Waals surface area (Å²) in [5.41, 5.74) is 1.30. The van der Waals surface area contributed by atoms with Gasteiger partial charge in [-0.2, -0.15) is 8.42 Å². The number of aromatic nitrogens is 1. The lowest BCUT2D eigenvalue weighted by Crippen LogP contribution is -2.46. The Balaban J connectivity index is 1.72. The molecule has 1 fully saturated rings. The minimum atomic E-state index is -3.51. The average molecular weight is 370 g/mol. The lowest BCUT2D eigenvalue weighted by atomic mass is 9.91. The van der Waals surface area contributed by atoms with E-state index in [0.29, 0.717) is 18.7 Å². The van der Waals surface area contributed by atoms with Crippen LogP contribution in [-0.2, 0) is 14.3 Å². The van der Waals surface area contributed by atoms with Crippen molar-refractivity contribution >= 4 is 21.1 Å². The fourth-order valence-electron chi connectivity index (χ4n) is 3.43. The number of piperidine rings is 1. The first kappa shape index (κ1) is 18.3. The van der Waals surface area contributed by atoms with Gasteiger partial charge in [-0.1, -0.05) is 19.0 Å². The predicted molar refractivity (Wildman–Crippen MR) is 92.1 cm³/mol. The van der Waals surface area contributed by atoms with Gasteiger partial charge in [0.25, 0.3) is 10.1 Å². The van der Waals surface area contributed by atoms with Gasteiger partial charge in [0.1, 0.15) is 12.0 Å². The summed E-state index contributed by atoms with van der Waals surface area (Å²) in [7, 11) is -3.51. The summed E-state index contributed by atoms with van der Waals surface area (Å²) >= 11 is 0. The summed E-state index contributed by atoms with van der Waals surface area (Å²) in [6.45, 7) is 5.31. The van der Waals surface area contributed by atoms with E-state index in [1.807, 2.05) is 13.8 Å². The van der Waals surface area contributed by atoms with Crippen molar-refractivity contribution < 1.29 is 21.5 Å². The molecule has 0 radical (unpaired) electrons. The zero-order valence-electron chi connectivity index (χ0n) is 14.6. The molecule has 2 aromatic rings. The highest BCUT2D eigenvalue weighted by Crippen LogP contribution is 2.34. The Morgan fingerprint density at radius 1 is 1.32 bits per heavy atom. The molecular weight excluding hydrogens is 347 g/mol. The minimum absolute atomic E-state index is 0.0575. The maximum Gasteiger partial charge on any atom is 0.265 e. The molecule has 0 bridgehead atoms.